The third-order valence-electron chi connectivity index (χ3n) is 4.52. The summed E-state index contributed by atoms with van der Waals surface area (Å²) in [5.41, 5.74) is 0. The molecule has 1 aliphatic heterocycles. The molecule has 5 nitrogen and oxygen atoms in total. The third kappa shape index (κ3) is 6.04. The van der Waals surface area contributed by atoms with Crippen LogP contribution in [0, 0.1) is 0 Å². The highest BCUT2D eigenvalue weighted by Gasteiger charge is 2.34. The average Bonchev–Trinajstić information content (AvgIpc) is 2.39. The van der Waals surface area contributed by atoms with Gasteiger partial charge in [0.2, 0.25) is 0 Å². The largest absolute Gasteiger partial charge is 0.481 e. The van der Waals surface area contributed by atoms with Crippen molar-refractivity contribution in [3.8, 4) is 0 Å². The quantitative estimate of drug-likeness (QED) is 0.640. The van der Waals surface area contributed by atoms with E-state index in [0.717, 1.165) is 32.1 Å². The fourth-order valence-corrected chi connectivity index (χ4v) is 3.42. The molecule has 1 rings (SSSR count). The number of piperidine rings is 1. The van der Waals surface area contributed by atoms with Crippen molar-refractivity contribution >= 4 is 11.9 Å². The van der Waals surface area contributed by atoms with E-state index in [1.165, 1.54) is 6.42 Å². The fourth-order valence-electron chi connectivity index (χ4n) is 3.42. The van der Waals surface area contributed by atoms with Crippen LogP contribution in [0.3, 0.4) is 0 Å². The normalized spacial score (nSPS) is 24.7. The molecule has 0 radical (unpaired) electrons. The van der Waals surface area contributed by atoms with Crippen molar-refractivity contribution in [1.82, 2.24) is 4.90 Å². The first-order chi connectivity index (χ1) is 9.93. The van der Waals surface area contributed by atoms with Crippen LogP contribution in [0.15, 0.2) is 0 Å². The molecule has 5 heteroatoms. The number of aliphatic carboxylic acids is 2. The van der Waals surface area contributed by atoms with E-state index in [1.54, 1.807) is 0 Å². The lowest BCUT2D eigenvalue weighted by atomic mass is 9.93. The summed E-state index contributed by atoms with van der Waals surface area (Å²) in [5, 5.41) is 18.1. The lowest BCUT2D eigenvalue weighted by Crippen LogP contribution is -2.52. The molecule has 0 bridgehead atoms. The number of carbonyl (C=O) groups is 2. The van der Waals surface area contributed by atoms with Gasteiger partial charge in [0.1, 0.15) is 6.04 Å². The Hall–Kier alpha value is -1.10. The molecule has 0 saturated carbocycles. The number of nitrogens with zero attached hydrogens (tertiary/aromatic N) is 1. The molecule has 122 valence electrons. The third-order valence-corrected chi connectivity index (χ3v) is 4.52. The van der Waals surface area contributed by atoms with Gasteiger partial charge in [-0.3, -0.25) is 14.5 Å². The Labute approximate surface area is 127 Å². The molecule has 1 saturated heterocycles. The first kappa shape index (κ1) is 18.0. The molecule has 1 aliphatic rings. The second-order valence-electron chi connectivity index (χ2n) is 6.28. The Balaban J connectivity index is 2.39. The Morgan fingerprint density at radius 3 is 2.14 bits per heavy atom. The zero-order chi connectivity index (χ0) is 15.8. The van der Waals surface area contributed by atoms with Crippen molar-refractivity contribution in [2.45, 2.75) is 89.8 Å². The second-order valence-corrected chi connectivity index (χ2v) is 6.28. The molecule has 0 aliphatic carbocycles. The Bertz CT molecular complexity index is 335. The van der Waals surface area contributed by atoms with Crippen molar-refractivity contribution in [2.75, 3.05) is 0 Å². The summed E-state index contributed by atoms with van der Waals surface area (Å²) in [6.07, 6.45) is 7.52. The van der Waals surface area contributed by atoms with Crippen LogP contribution in [0.1, 0.15) is 71.6 Å². The maximum absolute atomic E-state index is 11.6. The zero-order valence-corrected chi connectivity index (χ0v) is 13.3. The maximum Gasteiger partial charge on any atom is 0.320 e. The van der Waals surface area contributed by atoms with E-state index in [4.69, 9.17) is 5.11 Å². The van der Waals surface area contributed by atoms with Crippen LogP contribution in [0.25, 0.3) is 0 Å². The minimum absolute atomic E-state index is 0.211. The van der Waals surface area contributed by atoms with Gasteiger partial charge in [-0.25, -0.2) is 0 Å². The van der Waals surface area contributed by atoms with Gasteiger partial charge in [0.05, 0.1) is 0 Å². The number of unbranched alkanes of at least 4 members (excludes halogenated alkanes) is 3. The van der Waals surface area contributed by atoms with Crippen molar-refractivity contribution in [3.63, 3.8) is 0 Å². The summed E-state index contributed by atoms with van der Waals surface area (Å²) in [5.74, 6) is -1.48. The van der Waals surface area contributed by atoms with E-state index < -0.39 is 18.0 Å². The molecular formula is C16H29NO4. The molecule has 3 atom stereocenters. The van der Waals surface area contributed by atoms with E-state index in [0.29, 0.717) is 24.9 Å². The molecule has 0 aromatic carbocycles. The Morgan fingerprint density at radius 1 is 1.05 bits per heavy atom. The summed E-state index contributed by atoms with van der Waals surface area (Å²) in [7, 11) is 0. The van der Waals surface area contributed by atoms with Crippen molar-refractivity contribution in [3.05, 3.63) is 0 Å². The van der Waals surface area contributed by atoms with Crippen molar-refractivity contribution in [2.24, 2.45) is 0 Å². The predicted molar refractivity (Wildman–Crippen MR) is 81.4 cm³/mol. The first-order valence-electron chi connectivity index (χ1n) is 8.15. The highest BCUT2D eigenvalue weighted by atomic mass is 16.4. The minimum Gasteiger partial charge on any atom is -0.481 e. The number of hydrogen-bond donors (Lipinski definition) is 2. The van der Waals surface area contributed by atoms with Crippen LogP contribution in [-0.2, 0) is 9.59 Å². The van der Waals surface area contributed by atoms with Gasteiger partial charge < -0.3 is 10.2 Å². The zero-order valence-electron chi connectivity index (χ0n) is 13.3. The maximum atomic E-state index is 11.6. The van der Waals surface area contributed by atoms with Crippen LogP contribution >= 0.6 is 0 Å². The Kier molecular flexibility index (Phi) is 7.72. The summed E-state index contributed by atoms with van der Waals surface area (Å²) >= 11 is 0. The average molecular weight is 299 g/mol. The van der Waals surface area contributed by atoms with E-state index in [9.17, 15) is 14.7 Å². The SMILES string of the molecule is CC1CCCC(C)N1C(CCCCCCC(=O)O)C(=O)O. The van der Waals surface area contributed by atoms with Gasteiger partial charge in [0.25, 0.3) is 0 Å². The number of rotatable bonds is 9. The van der Waals surface area contributed by atoms with Crippen LogP contribution in [-0.4, -0.2) is 45.2 Å². The first-order valence-corrected chi connectivity index (χ1v) is 8.15. The van der Waals surface area contributed by atoms with E-state index in [1.807, 2.05) is 0 Å². The van der Waals surface area contributed by atoms with Gasteiger partial charge in [-0.2, -0.15) is 0 Å². The Morgan fingerprint density at radius 2 is 1.62 bits per heavy atom. The lowest BCUT2D eigenvalue weighted by Gasteiger charge is -2.42. The highest BCUT2D eigenvalue weighted by Crippen LogP contribution is 2.27. The molecule has 1 fully saturated rings. The van der Waals surface area contributed by atoms with Gasteiger partial charge in [0, 0.05) is 18.5 Å². The standard InChI is InChI=1S/C16H29NO4/c1-12-8-7-9-13(2)17(12)14(16(20)21)10-5-3-4-6-11-15(18)19/h12-14H,3-11H2,1-2H3,(H,18,19)(H,20,21). The topological polar surface area (TPSA) is 77.8 Å². The molecule has 21 heavy (non-hydrogen) atoms. The van der Waals surface area contributed by atoms with Crippen LogP contribution in [0.5, 0.6) is 0 Å². The van der Waals surface area contributed by atoms with E-state index >= 15 is 0 Å². The minimum atomic E-state index is -0.755. The molecule has 0 aromatic rings. The van der Waals surface area contributed by atoms with E-state index in [-0.39, 0.29) is 6.42 Å². The predicted octanol–water partition coefficient (Wildman–Crippen LogP) is 3.13. The lowest BCUT2D eigenvalue weighted by molar-refractivity contribution is -0.146. The smallest absolute Gasteiger partial charge is 0.320 e. The molecule has 0 aromatic heterocycles. The molecular weight excluding hydrogens is 270 g/mol. The highest BCUT2D eigenvalue weighted by molar-refractivity contribution is 5.73. The van der Waals surface area contributed by atoms with Crippen LogP contribution < -0.4 is 0 Å². The van der Waals surface area contributed by atoms with Gasteiger partial charge in [-0.15, -0.1) is 0 Å². The van der Waals surface area contributed by atoms with Gasteiger partial charge >= 0.3 is 11.9 Å². The molecule has 2 N–H and O–H groups in total. The van der Waals surface area contributed by atoms with Crippen molar-refractivity contribution < 1.29 is 19.8 Å². The van der Waals surface area contributed by atoms with Gasteiger partial charge in [-0.05, 0) is 39.5 Å². The molecule has 3 unspecified atom stereocenters. The monoisotopic (exact) mass is 299 g/mol. The second kappa shape index (κ2) is 9.03. The van der Waals surface area contributed by atoms with Crippen LogP contribution in [0.4, 0.5) is 0 Å². The number of hydrogen-bond acceptors (Lipinski definition) is 3. The summed E-state index contributed by atoms with van der Waals surface area (Å²) in [4.78, 5) is 24.2. The molecule has 0 spiro atoms. The van der Waals surface area contributed by atoms with Gasteiger partial charge in [-0.1, -0.05) is 25.7 Å². The summed E-state index contributed by atoms with van der Waals surface area (Å²) in [6.45, 7) is 4.25. The number of carboxylic acids is 2. The number of likely N-dealkylation sites (tertiary alicyclic amines) is 1. The van der Waals surface area contributed by atoms with Crippen molar-refractivity contribution in [1.29, 1.82) is 0 Å². The van der Waals surface area contributed by atoms with E-state index in [2.05, 4.69) is 18.7 Å². The molecule has 1 heterocycles. The number of carboxylic acid groups (broad SMARTS) is 2. The molecule has 0 amide bonds. The fraction of sp³-hybridized carbons (Fsp3) is 0.875. The van der Waals surface area contributed by atoms with Crippen LogP contribution in [0.2, 0.25) is 0 Å². The summed E-state index contributed by atoms with van der Waals surface area (Å²) in [6, 6.07) is 0.276. The summed E-state index contributed by atoms with van der Waals surface area (Å²) < 4.78 is 0. The van der Waals surface area contributed by atoms with Gasteiger partial charge in [0.15, 0.2) is 0 Å².